The summed E-state index contributed by atoms with van der Waals surface area (Å²) in [5.41, 5.74) is 0. The summed E-state index contributed by atoms with van der Waals surface area (Å²) in [6.45, 7) is 3.68. The molecule has 0 heterocycles. The molecular formula is C14H20. The van der Waals surface area contributed by atoms with E-state index in [1.54, 1.807) is 0 Å². The van der Waals surface area contributed by atoms with E-state index in [-0.39, 0.29) is 0 Å². The molecule has 0 N–H and O–H groups in total. The molecule has 0 aromatic heterocycles. The normalized spacial score (nSPS) is 8.50. The molecule has 0 aliphatic heterocycles. The molecule has 0 bridgehead atoms. The Balaban J connectivity index is 3.11. The van der Waals surface area contributed by atoms with E-state index in [4.69, 9.17) is 6.42 Å². The molecule has 0 saturated carbocycles. The largest absolute Gasteiger partial charge is 0.120 e. The van der Waals surface area contributed by atoms with Crippen molar-refractivity contribution in [2.75, 3.05) is 0 Å². The maximum atomic E-state index is 5.14. The molecule has 14 heavy (non-hydrogen) atoms. The zero-order valence-electron chi connectivity index (χ0n) is 9.02. The Labute approximate surface area is 88.8 Å². The molecule has 0 saturated heterocycles. The number of allylic oxidation sites excluding steroid dienone is 1. The summed E-state index contributed by atoms with van der Waals surface area (Å²) in [6.07, 6.45) is 15.8. The van der Waals surface area contributed by atoms with Crippen LogP contribution in [0.1, 0.15) is 51.4 Å². The fraction of sp³-hybridized carbons (Fsp3) is 0.571. The predicted octanol–water partition coefficient (Wildman–Crippen LogP) is 3.93. The zero-order valence-corrected chi connectivity index (χ0v) is 9.02. The summed E-state index contributed by atoms with van der Waals surface area (Å²) < 4.78 is 0. The SMILES string of the molecule is C#CCCCCC#CCCCCC=C. The van der Waals surface area contributed by atoms with E-state index in [1.165, 1.54) is 12.8 Å². The van der Waals surface area contributed by atoms with E-state index in [0.717, 1.165) is 38.5 Å². The van der Waals surface area contributed by atoms with Crippen molar-refractivity contribution in [3.63, 3.8) is 0 Å². The molecule has 0 spiro atoms. The molecule has 0 radical (unpaired) electrons. The molecule has 0 nitrogen and oxygen atoms in total. The van der Waals surface area contributed by atoms with Gasteiger partial charge in [-0.1, -0.05) is 6.08 Å². The van der Waals surface area contributed by atoms with Crippen molar-refractivity contribution in [3.05, 3.63) is 12.7 Å². The minimum Gasteiger partial charge on any atom is -0.120 e. The van der Waals surface area contributed by atoms with E-state index in [2.05, 4.69) is 24.3 Å². The summed E-state index contributed by atoms with van der Waals surface area (Å²) in [5, 5.41) is 0. The number of hydrogen-bond acceptors (Lipinski definition) is 0. The molecule has 0 aliphatic rings. The summed E-state index contributed by atoms with van der Waals surface area (Å²) in [6, 6.07) is 0. The van der Waals surface area contributed by atoms with E-state index >= 15 is 0 Å². The standard InChI is InChI=1S/C14H20/c1-3-5-7-9-11-13-14-12-10-8-6-4-2/h1,4H,2,5-12H2. The van der Waals surface area contributed by atoms with Crippen LogP contribution in [0.5, 0.6) is 0 Å². The second kappa shape index (κ2) is 11.9. The van der Waals surface area contributed by atoms with Crippen LogP contribution in [0.15, 0.2) is 12.7 Å². The van der Waals surface area contributed by atoms with Crippen molar-refractivity contribution < 1.29 is 0 Å². The van der Waals surface area contributed by atoms with E-state index in [9.17, 15) is 0 Å². The van der Waals surface area contributed by atoms with Gasteiger partial charge in [0.15, 0.2) is 0 Å². The number of unbranched alkanes of at least 4 members (excludes halogenated alkanes) is 6. The molecular weight excluding hydrogens is 168 g/mol. The van der Waals surface area contributed by atoms with E-state index in [0.29, 0.717) is 0 Å². The Morgan fingerprint density at radius 2 is 1.50 bits per heavy atom. The number of terminal acetylenes is 1. The molecule has 0 aromatic rings. The Hall–Kier alpha value is -1.14. The highest BCUT2D eigenvalue weighted by atomic mass is 13.9. The maximum absolute atomic E-state index is 5.14. The third kappa shape index (κ3) is 10.9. The molecule has 0 atom stereocenters. The van der Waals surface area contributed by atoms with Crippen LogP contribution >= 0.6 is 0 Å². The van der Waals surface area contributed by atoms with Crippen LogP contribution in [-0.2, 0) is 0 Å². The van der Waals surface area contributed by atoms with Crippen LogP contribution in [-0.4, -0.2) is 0 Å². The van der Waals surface area contributed by atoms with Crippen molar-refractivity contribution in [1.82, 2.24) is 0 Å². The van der Waals surface area contributed by atoms with Gasteiger partial charge >= 0.3 is 0 Å². The van der Waals surface area contributed by atoms with Crippen LogP contribution in [0, 0.1) is 24.2 Å². The van der Waals surface area contributed by atoms with E-state index < -0.39 is 0 Å². The first kappa shape index (κ1) is 12.9. The topological polar surface area (TPSA) is 0 Å². The molecule has 0 rings (SSSR count). The Morgan fingerprint density at radius 3 is 2.07 bits per heavy atom. The zero-order chi connectivity index (χ0) is 10.5. The molecule has 0 aromatic carbocycles. The number of hydrogen-bond donors (Lipinski definition) is 0. The first-order valence-electron chi connectivity index (χ1n) is 5.42. The molecule has 0 fully saturated rings. The quantitative estimate of drug-likeness (QED) is 0.322. The van der Waals surface area contributed by atoms with E-state index in [1.807, 2.05) is 6.08 Å². The molecule has 76 valence electrons. The summed E-state index contributed by atoms with van der Waals surface area (Å²) in [4.78, 5) is 0. The van der Waals surface area contributed by atoms with Gasteiger partial charge in [-0.15, -0.1) is 30.8 Å². The molecule has 0 aliphatic carbocycles. The van der Waals surface area contributed by atoms with Gasteiger partial charge < -0.3 is 0 Å². The second-order valence-electron chi connectivity index (χ2n) is 3.30. The highest BCUT2D eigenvalue weighted by Crippen LogP contribution is 2.00. The molecule has 0 amide bonds. The van der Waals surface area contributed by atoms with Gasteiger partial charge in [-0.25, -0.2) is 0 Å². The first-order chi connectivity index (χ1) is 6.91. The summed E-state index contributed by atoms with van der Waals surface area (Å²) in [7, 11) is 0. The van der Waals surface area contributed by atoms with Crippen molar-refractivity contribution in [2.45, 2.75) is 51.4 Å². The van der Waals surface area contributed by atoms with Gasteiger partial charge in [-0.05, 0) is 32.1 Å². The van der Waals surface area contributed by atoms with Gasteiger partial charge in [0.2, 0.25) is 0 Å². The average Bonchev–Trinajstić information content (AvgIpc) is 2.21. The summed E-state index contributed by atoms with van der Waals surface area (Å²) >= 11 is 0. The lowest BCUT2D eigenvalue weighted by Gasteiger charge is -1.90. The first-order valence-corrected chi connectivity index (χ1v) is 5.42. The highest BCUT2D eigenvalue weighted by Gasteiger charge is 1.83. The lowest BCUT2D eigenvalue weighted by molar-refractivity contribution is 0.767. The third-order valence-corrected chi connectivity index (χ3v) is 1.96. The Kier molecular flexibility index (Phi) is 10.9. The van der Waals surface area contributed by atoms with Gasteiger partial charge in [-0.2, -0.15) is 0 Å². The lowest BCUT2D eigenvalue weighted by atomic mass is 10.1. The Bertz CT molecular complexity index is 219. The lowest BCUT2D eigenvalue weighted by Crippen LogP contribution is -1.74. The minimum absolute atomic E-state index is 0.890. The average molecular weight is 188 g/mol. The van der Waals surface area contributed by atoms with Crippen molar-refractivity contribution >= 4 is 0 Å². The monoisotopic (exact) mass is 188 g/mol. The minimum atomic E-state index is 0.890. The van der Waals surface area contributed by atoms with Gasteiger partial charge in [0.25, 0.3) is 0 Å². The van der Waals surface area contributed by atoms with Crippen LogP contribution in [0.3, 0.4) is 0 Å². The van der Waals surface area contributed by atoms with Crippen LogP contribution in [0.2, 0.25) is 0 Å². The third-order valence-electron chi connectivity index (χ3n) is 1.96. The van der Waals surface area contributed by atoms with Crippen LogP contribution < -0.4 is 0 Å². The fourth-order valence-corrected chi connectivity index (χ4v) is 1.12. The van der Waals surface area contributed by atoms with Gasteiger partial charge in [0, 0.05) is 19.3 Å². The van der Waals surface area contributed by atoms with Crippen molar-refractivity contribution in [1.29, 1.82) is 0 Å². The predicted molar refractivity (Wildman–Crippen MR) is 63.7 cm³/mol. The van der Waals surface area contributed by atoms with Gasteiger partial charge in [-0.3, -0.25) is 0 Å². The molecule has 0 unspecified atom stereocenters. The van der Waals surface area contributed by atoms with Crippen LogP contribution in [0.4, 0.5) is 0 Å². The van der Waals surface area contributed by atoms with Gasteiger partial charge in [0.05, 0.1) is 0 Å². The summed E-state index contributed by atoms with van der Waals surface area (Å²) in [5.74, 6) is 9.00. The number of rotatable bonds is 7. The Morgan fingerprint density at radius 1 is 0.929 bits per heavy atom. The molecule has 0 heteroatoms. The second-order valence-corrected chi connectivity index (χ2v) is 3.30. The van der Waals surface area contributed by atoms with Crippen molar-refractivity contribution in [3.8, 4) is 24.2 Å². The van der Waals surface area contributed by atoms with Gasteiger partial charge in [0.1, 0.15) is 0 Å². The fourth-order valence-electron chi connectivity index (χ4n) is 1.12. The maximum Gasteiger partial charge on any atom is 0.00890 e. The highest BCUT2D eigenvalue weighted by molar-refractivity contribution is 4.98. The smallest absolute Gasteiger partial charge is 0.00890 e. The van der Waals surface area contributed by atoms with Crippen LogP contribution in [0.25, 0.3) is 0 Å². The van der Waals surface area contributed by atoms with Crippen molar-refractivity contribution in [2.24, 2.45) is 0 Å².